The van der Waals surface area contributed by atoms with E-state index in [0.29, 0.717) is 38.8 Å². The van der Waals surface area contributed by atoms with Crippen molar-refractivity contribution < 1.29 is 18.4 Å². The molecule has 0 spiro atoms. The van der Waals surface area contributed by atoms with E-state index >= 15 is 0 Å². The SMILES string of the molecule is CCOC(=O)c1c(CSc2nnc(-c3cccc(Cl)c3)o2)oc2ccccc12. The predicted molar refractivity (Wildman–Crippen MR) is 106 cm³/mol. The van der Waals surface area contributed by atoms with Crippen molar-refractivity contribution in [3.05, 3.63) is 64.9 Å². The number of hydrogen-bond donors (Lipinski definition) is 0. The normalized spacial score (nSPS) is 11.1. The van der Waals surface area contributed by atoms with Gasteiger partial charge in [0.05, 0.1) is 12.4 Å². The van der Waals surface area contributed by atoms with Crippen LogP contribution in [0.3, 0.4) is 0 Å². The Bertz CT molecular complexity index is 1140. The fourth-order valence-electron chi connectivity index (χ4n) is 2.76. The number of carbonyl (C=O) groups is 1. The van der Waals surface area contributed by atoms with Crippen molar-refractivity contribution >= 4 is 40.3 Å². The molecule has 6 nitrogen and oxygen atoms in total. The van der Waals surface area contributed by atoms with Crippen molar-refractivity contribution in [3.63, 3.8) is 0 Å². The molecule has 2 aromatic heterocycles. The number of fused-ring (bicyclic) bond motifs is 1. The van der Waals surface area contributed by atoms with Crippen LogP contribution in [0.2, 0.25) is 5.02 Å². The third-order valence-corrected chi connectivity index (χ3v) is 5.01. The zero-order valence-corrected chi connectivity index (χ0v) is 16.4. The van der Waals surface area contributed by atoms with Crippen LogP contribution in [0.15, 0.2) is 62.6 Å². The van der Waals surface area contributed by atoms with Crippen LogP contribution in [0.1, 0.15) is 23.0 Å². The van der Waals surface area contributed by atoms with E-state index < -0.39 is 5.97 Å². The van der Waals surface area contributed by atoms with Crippen LogP contribution in [-0.2, 0) is 10.5 Å². The molecular formula is C20H15ClN2O4S. The summed E-state index contributed by atoms with van der Waals surface area (Å²) in [4.78, 5) is 12.4. The first-order valence-corrected chi connectivity index (χ1v) is 9.92. The Kier molecular flexibility index (Phi) is 5.36. The molecule has 2 aromatic carbocycles. The molecule has 0 N–H and O–H groups in total. The molecule has 8 heteroatoms. The van der Waals surface area contributed by atoms with E-state index in [0.717, 1.165) is 10.9 Å². The molecule has 142 valence electrons. The van der Waals surface area contributed by atoms with Gasteiger partial charge in [-0.05, 0) is 31.2 Å². The standard InChI is InChI=1S/C20H15ClN2O4S/c1-2-25-19(24)17-14-8-3-4-9-15(14)26-16(17)11-28-20-23-22-18(27-20)12-6-5-7-13(21)10-12/h3-10H,2,11H2,1H3. The van der Waals surface area contributed by atoms with Crippen molar-refractivity contribution in [2.45, 2.75) is 17.9 Å². The number of furan rings is 1. The Morgan fingerprint density at radius 2 is 2.00 bits per heavy atom. The zero-order valence-electron chi connectivity index (χ0n) is 14.8. The van der Waals surface area contributed by atoms with Crippen molar-refractivity contribution in [1.82, 2.24) is 10.2 Å². The number of aromatic nitrogens is 2. The predicted octanol–water partition coefficient (Wildman–Crippen LogP) is 5.61. The van der Waals surface area contributed by atoms with Gasteiger partial charge in [0.25, 0.3) is 5.22 Å². The number of carbonyl (C=O) groups excluding carboxylic acids is 1. The molecular weight excluding hydrogens is 400 g/mol. The molecule has 4 rings (SSSR count). The van der Waals surface area contributed by atoms with Gasteiger partial charge in [0, 0.05) is 16.0 Å². The van der Waals surface area contributed by atoms with Crippen LogP contribution in [0.5, 0.6) is 0 Å². The van der Waals surface area contributed by atoms with Crippen LogP contribution in [0, 0.1) is 0 Å². The summed E-state index contributed by atoms with van der Waals surface area (Å²) in [6, 6.07) is 14.5. The summed E-state index contributed by atoms with van der Waals surface area (Å²) in [5.74, 6) is 0.820. The van der Waals surface area contributed by atoms with Crippen LogP contribution < -0.4 is 0 Å². The van der Waals surface area contributed by atoms with E-state index in [2.05, 4.69) is 10.2 Å². The van der Waals surface area contributed by atoms with E-state index in [-0.39, 0.29) is 6.61 Å². The monoisotopic (exact) mass is 414 g/mol. The molecule has 0 saturated heterocycles. The van der Waals surface area contributed by atoms with Gasteiger partial charge < -0.3 is 13.6 Å². The maximum atomic E-state index is 12.4. The topological polar surface area (TPSA) is 78.4 Å². The van der Waals surface area contributed by atoms with Gasteiger partial charge >= 0.3 is 5.97 Å². The smallest absolute Gasteiger partial charge is 0.342 e. The van der Waals surface area contributed by atoms with Crippen molar-refractivity contribution in [1.29, 1.82) is 0 Å². The minimum Gasteiger partial charge on any atom is -0.462 e. The number of thioether (sulfide) groups is 1. The minimum absolute atomic E-state index is 0.289. The summed E-state index contributed by atoms with van der Waals surface area (Å²) in [7, 11) is 0. The number of nitrogens with zero attached hydrogens (tertiary/aromatic N) is 2. The summed E-state index contributed by atoms with van der Waals surface area (Å²) in [6.07, 6.45) is 0. The quantitative estimate of drug-likeness (QED) is 0.300. The first kappa shape index (κ1) is 18.6. The molecule has 28 heavy (non-hydrogen) atoms. The number of rotatable bonds is 6. The molecule has 0 aliphatic rings. The first-order valence-electron chi connectivity index (χ1n) is 8.55. The second-order valence-electron chi connectivity index (χ2n) is 5.79. The summed E-state index contributed by atoms with van der Waals surface area (Å²) in [5.41, 5.74) is 1.80. The first-order chi connectivity index (χ1) is 13.7. The van der Waals surface area contributed by atoms with Crippen LogP contribution in [0.4, 0.5) is 0 Å². The van der Waals surface area contributed by atoms with Crippen LogP contribution in [0.25, 0.3) is 22.4 Å². The van der Waals surface area contributed by atoms with E-state index in [4.69, 9.17) is 25.2 Å². The van der Waals surface area contributed by atoms with Gasteiger partial charge in [-0.3, -0.25) is 0 Å². The number of halogens is 1. The average Bonchev–Trinajstić information content (AvgIpc) is 3.31. The van der Waals surface area contributed by atoms with Gasteiger partial charge in [-0.2, -0.15) is 0 Å². The summed E-state index contributed by atoms with van der Waals surface area (Å²) in [6.45, 7) is 2.06. The molecule has 0 atom stereocenters. The van der Waals surface area contributed by atoms with Gasteiger partial charge in [0.2, 0.25) is 5.89 Å². The van der Waals surface area contributed by atoms with Gasteiger partial charge in [-0.15, -0.1) is 10.2 Å². The molecule has 0 aliphatic carbocycles. The summed E-state index contributed by atoms with van der Waals surface area (Å²) in [5, 5.41) is 9.78. The van der Waals surface area contributed by atoms with Crippen LogP contribution >= 0.6 is 23.4 Å². The number of ether oxygens (including phenoxy) is 1. The molecule has 0 unspecified atom stereocenters. The Balaban J connectivity index is 1.58. The Labute approximate surface area is 169 Å². The maximum absolute atomic E-state index is 12.4. The van der Waals surface area contributed by atoms with Gasteiger partial charge in [-0.25, -0.2) is 4.79 Å². The highest BCUT2D eigenvalue weighted by Crippen LogP contribution is 2.32. The summed E-state index contributed by atoms with van der Waals surface area (Å²) >= 11 is 7.29. The number of esters is 1. The molecule has 0 bridgehead atoms. The van der Waals surface area contributed by atoms with Gasteiger partial charge in [-0.1, -0.05) is 47.6 Å². The zero-order chi connectivity index (χ0) is 19.5. The largest absolute Gasteiger partial charge is 0.462 e. The van der Waals surface area contributed by atoms with Gasteiger partial charge in [0.1, 0.15) is 16.9 Å². The molecule has 0 radical (unpaired) electrons. The lowest BCUT2D eigenvalue weighted by Crippen LogP contribution is -2.06. The second kappa shape index (κ2) is 8.08. The van der Waals surface area contributed by atoms with Crippen molar-refractivity contribution in [3.8, 4) is 11.5 Å². The highest BCUT2D eigenvalue weighted by atomic mass is 35.5. The van der Waals surface area contributed by atoms with Crippen molar-refractivity contribution in [2.24, 2.45) is 0 Å². The number of para-hydroxylation sites is 1. The minimum atomic E-state index is -0.409. The maximum Gasteiger partial charge on any atom is 0.342 e. The Morgan fingerprint density at radius 3 is 2.82 bits per heavy atom. The third kappa shape index (κ3) is 3.76. The molecule has 0 aliphatic heterocycles. The third-order valence-electron chi connectivity index (χ3n) is 3.95. The molecule has 0 amide bonds. The average molecular weight is 415 g/mol. The highest BCUT2D eigenvalue weighted by molar-refractivity contribution is 7.98. The lowest BCUT2D eigenvalue weighted by molar-refractivity contribution is 0.0526. The van der Waals surface area contributed by atoms with Crippen molar-refractivity contribution in [2.75, 3.05) is 6.61 Å². The molecule has 4 aromatic rings. The fourth-order valence-corrected chi connectivity index (χ4v) is 3.64. The van der Waals surface area contributed by atoms with Crippen LogP contribution in [-0.4, -0.2) is 22.8 Å². The molecule has 0 fully saturated rings. The van der Waals surface area contributed by atoms with E-state index in [9.17, 15) is 4.79 Å². The second-order valence-corrected chi connectivity index (χ2v) is 7.15. The number of hydrogen-bond acceptors (Lipinski definition) is 7. The molecule has 0 saturated carbocycles. The lowest BCUT2D eigenvalue weighted by Gasteiger charge is -2.02. The number of benzene rings is 2. The van der Waals surface area contributed by atoms with E-state index in [1.54, 1.807) is 19.1 Å². The lowest BCUT2D eigenvalue weighted by atomic mass is 10.1. The molecule has 2 heterocycles. The van der Waals surface area contributed by atoms with E-state index in [1.807, 2.05) is 36.4 Å². The Morgan fingerprint density at radius 1 is 1.14 bits per heavy atom. The van der Waals surface area contributed by atoms with E-state index in [1.165, 1.54) is 11.8 Å². The fraction of sp³-hybridized carbons (Fsp3) is 0.150. The summed E-state index contributed by atoms with van der Waals surface area (Å²) < 4.78 is 16.7. The van der Waals surface area contributed by atoms with Gasteiger partial charge in [0.15, 0.2) is 0 Å². The Hall–Kier alpha value is -2.77. The highest BCUT2D eigenvalue weighted by Gasteiger charge is 2.22.